The average Bonchev–Trinajstić information content (AvgIpc) is 3.02. The minimum atomic E-state index is -0.633. The molecule has 0 aromatic heterocycles. The molecule has 2 N–H and O–H groups in total. The van der Waals surface area contributed by atoms with Gasteiger partial charge in [0, 0.05) is 25.1 Å². The normalized spacial score (nSPS) is 14.7. The second-order valence-corrected chi connectivity index (χ2v) is 8.27. The van der Waals surface area contributed by atoms with E-state index in [9.17, 15) is 24.8 Å². The Hall–Kier alpha value is -3.44. The number of nitro groups is 1. The molecule has 0 aliphatic carbocycles. The molecule has 9 nitrogen and oxygen atoms in total. The number of phenolic OH excluding ortho intramolecular Hbond substituents is 1. The smallest absolute Gasteiger partial charge is 0.271 e. The van der Waals surface area contributed by atoms with E-state index in [0.29, 0.717) is 15.8 Å². The number of non-ortho nitro benzene ring substituents is 1. The monoisotopic (exact) mass is 473 g/mol. The molecule has 166 valence electrons. The highest BCUT2D eigenvalue weighted by Gasteiger charge is 2.32. The summed E-state index contributed by atoms with van der Waals surface area (Å²) in [5.41, 5.74) is 0.465. The van der Waals surface area contributed by atoms with Crippen molar-refractivity contribution < 1.29 is 24.4 Å². The Morgan fingerprint density at radius 3 is 2.69 bits per heavy atom. The summed E-state index contributed by atoms with van der Waals surface area (Å²) in [6.45, 7) is 2.49. The van der Waals surface area contributed by atoms with Gasteiger partial charge in [0.2, 0.25) is 5.91 Å². The van der Waals surface area contributed by atoms with Crippen LogP contribution in [0.15, 0.2) is 47.4 Å². The highest BCUT2D eigenvalue weighted by atomic mass is 32.2. The van der Waals surface area contributed by atoms with E-state index in [4.69, 9.17) is 17.0 Å². The highest BCUT2D eigenvalue weighted by molar-refractivity contribution is 8.26. The van der Waals surface area contributed by atoms with Gasteiger partial charge >= 0.3 is 0 Å². The zero-order valence-electron chi connectivity index (χ0n) is 16.9. The number of hydrogen-bond donors (Lipinski definition) is 2. The van der Waals surface area contributed by atoms with Crippen LogP contribution >= 0.6 is 24.0 Å². The summed E-state index contributed by atoms with van der Waals surface area (Å²) in [7, 11) is 0. The fourth-order valence-electron chi connectivity index (χ4n) is 2.83. The third kappa shape index (κ3) is 5.62. The lowest BCUT2D eigenvalue weighted by Crippen LogP contribution is -2.31. The molecule has 0 spiro atoms. The quantitative estimate of drug-likeness (QED) is 0.194. The standard InChI is InChI=1S/C21H19N3O6S2/c1-2-30-15-6-3-13(4-7-15)11-18-20(27)23(21(31)32-18)10-9-19(26)22-16-12-14(24(28)29)5-8-17(16)25/h3-8,11-12,25H,2,9-10H2,1H3,(H,22,26). The van der Waals surface area contributed by atoms with Crippen molar-refractivity contribution in [3.8, 4) is 11.5 Å². The summed E-state index contributed by atoms with van der Waals surface area (Å²) in [6, 6.07) is 10.6. The molecule has 2 amide bonds. The summed E-state index contributed by atoms with van der Waals surface area (Å²) in [6.07, 6.45) is 1.61. The third-order valence-corrected chi connectivity index (χ3v) is 5.77. The Balaban J connectivity index is 1.61. The van der Waals surface area contributed by atoms with Crippen LogP contribution in [-0.4, -0.2) is 44.2 Å². The largest absolute Gasteiger partial charge is 0.506 e. The number of amides is 2. The van der Waals surface area contributed by atoms with Gasteiger partial charge in [0.05, 0.1) is 22.1 Å². The first kappa shape index (κ1) is 23.2. The molecule has 2 aromatic carbocycles. The van der Waals surface area contributed by atoms with E-state index in [1.165, 1.54) is 4.90 Å². The lowest BCUT2D eigenvalue weighted by molar-refractivity contribution is -0.384. The first-order valence-corrected chi connectivity index (χ1v) is 10.8. The minimum absolute atomic E-state index is 0.0345. The van der Waals surface area contributed by atoms with Crippen molar-refractivity contribution in [3.63, 3.8) is 0 Å². The number of nitrogens with zero attached hydrogens (tertiary/aromatic N) is 2. The van der Waals surface area contributed by atoms with Gasteiger partial charge in [0.15, 0.2) is 0 Å². The summed E-state index contributed by atoms with van der Waals surface area (Å²) < 4.78 is 5.73. The Bertz CT molecular complexity index is 1100. The van der Waals surface area contributed by atoms with Gasteiger partial charge in [-0.15, -0.1) is 0 Å². The van der Waals surface area contributed by atoms with Gasteiger partial charge in [-0.3, -0.25) is 24.6 Å². The zero-order valence-corrected chi connectivity index (χ0v) is 18.6. The fraction of sp³-hybridized carbons (Fsp3) is 0.190. The molecule has 0 radical (unpaired) electrons. The SMILES string of the molecule is CCOc1ccc(C=C2SC(=S)N(CCC(=O)Nc3cc([N+](=O)[O-])ccc3O)C2=O)cc1. The maximum Gasteiger partial charge on any atom is 0.271 e. The van der Waals surface area contributed by atoms with Gasteiger partial charge in [-0.1, -0.05) is 36.1 Å². The average molecular weight is 474 g/mol. The molecule has 3 rings (SSSR count). The third-order valence-electron chi connectivity index (χ3n) is 4.39. The van der Waals surface area contributed by atoms with Gasteiger partial charge in [-0.25, -0.2) is 0 Å². The fourth-order valence-corrected chi connectivity index (χ4v) is 4.14. The van der Waals surface area contributed by atoms with Gasteiger partial charge in [-0.05, 0) is 36.8 Å². The number of rotatable bonds is 8. The number of carbonyl (C=O) groups excluding carboxylic acids is 2. The molecule has 1 saturated heterocycles. The van der Waals surface area contributed by atoms with Crippen LogP contribution in [-0.2, 0) is 9.59 Å². The Morgan fingerprint density at radius 1 is 1.31 bits per heavy atom. The molecule has 0 bridgehead atoms. The summed E-state index contributed by atoms with van der Waals surface area (Å²) in [4.78, 5) is 37.0. The second kappa shape index (κ2) is 10.2. The zero-order chi connectivity index (χ0) is 23.3. The molecular weight excluding hydrogens is 454 g/mol. The molecule has 1 aliphatic rings. The number of benzene rings is 2. The van der Waals surface area contributed by atoms with E-state index < -0.39 is 10.8 Å². The Labute approximate surface area is 193 Å². The number of thiocarbonyl (C=S) groups is 1. The molecule has 1 heterocycles. The van der Waals surface area contributed by atoms with Gasteiger partial charge < -0.3 is 15.2 Å². The summed E-state index contributed by atoms with van der Waals surface area (Å²) >= 11 is 6.42. The van der Waals surface area contributed by atoms with Crippen molar-refractivity contribution in [1.82, 2.24) is 4.90 Å². The molecule has 0 atom stereocenters. The van der Waals surface area contributed by atoms with Crippen molar-refractivity contribution in [2.75, 3.05) is 18.5 Å². The van der Waals surface area contributed by atoms with Crippen molar-refractivity contribution in [3.05, 3.63) is 63.0 Å². The number of phenols is 1. The van der Waals surface area contributed by atoms with Crippen LogP contribution in [0.4, 0.5) is 11.4 Å². The molecule has 32 heavy (non-hydrogen) atoms. The predicted molar refractivity (Wildman–Crippen MR) is 125 cm³/mol. The minimum Gasteiger partial charge on any atom is -0.506 e. The van der Waals surface area contributed by atoms with Crippen LogP contribution < -0.4 is 10.1 Å². The molecule has 1 fully saturated rings. The molecule has 11 heteroatoms. The number of carbonyl (C=O) groups is 2. The maximum absolute atomic E-state index is 12.7. The second-order valence-electron chi connectivity index (χ2n) is 6.59. The lowest BCUT2D eigenvalue weighted by atomic mass is 10.2. The molecule has 0 saturated carbocycles. The van der Waals surface area contributed by atoms with E-state index in [1.54, 1.807) is 6.08 Å². The van der Waals surface area contributed by atoms with Gasteiger partial charge in [0.1, 0.15) is 15.8 Å². The lowest BCUT2D eigenvalue weighted by Gasteiger charge is -2.14. The molecule has 1 aliphatic heterocycles. The van der Waals surface area contributed by atoms with Crippen LogP contribution in [0, 0.1) is 10.1 Å². The maximum atomic E-state index is 12.7. The summed E-state index contributed by atoms with van der Waals surface area (Å²) in [5.74, 6) is -0.393. The van der Waals surface area contributed by atoms with E-state index in [1.807, 2.05) is 31.2 Å². The first-order chi connectivity index (χ1) is 15.3. The molecular formula is C21H19N3O6S2. The van der Waals surface area contributed by atoms with E-state index in [0.717, 1.165) is 41.3 Å². The van der Waals surface area contributed by atoms with E-state index >= 15 is 0 Å². The van der Waals surface area contributed by atoms with Gasteiger partial charge in [0.25, 0.3) is 11.6 Å². The number of hydrogen-bond acceptors (Lipinski definition) is 8. The van der Waals surface area contributed by atoms with E-state index in [-0.39, 0.29) is 36.0 Å². The first-order valence-electron chi connectivity index (χ1n) is 9.54. The van der Waals surface area contributed by atoms with Crippen LogP contribution in [0.5, 0.6) is 11.5 Å². The van der Waals surface area contributed by atoms with Crippen LogP contribution in [0.3, 0.4) is 0 Å². The highest BCUT2D eigenvalue weighted by Crippen LogP contribution is 2.33. The van der Waals surface area contributed by atoms with Crippen LogP contribution in [0.25, 0.3) is 6.08 Å². The molecule has 0 unspecified atom stereocenters. The van der Waals surface area contributed by atoms with Crippen molar-refractivity contribution in [1.29, 1.82) is 0 Å². The number of aromatic hydroxyl groups is 1. The topological polar surface area (TPSA) is 122 Å². The summed E-state index contributed by atoms with van der Waals surface area (Å²) in [5, 5.41) is 23.1. The Kier molecular flexibility index (Phi) is 7.44. The number of nitrogens with one attached hydrogen (secondary N) is 1. The van der Waals surface area contributed by atoms with Gasteiger partial charge in [-0.2, -0.15) is 0 Å². The van der Waals surface area contributed by atoms with Crippen LogP contribution in [0.2, 0.25) is 0 Å². The number of nitro benzene ring substituents is 1. The van der Waals surface area contributed by atoms with Crippen LogP contribution in [0.1, 0.15) is 18.9 Å². The van der Waals surface area contributed by atoms with Crippen molar-refractivity contribution >= 4 is 57.6 Å². The van der Waals surface area contributed by atoms with Crippen molar-refractivity contribution in [2.24, 2.45) is 0 Å². The number of anilines is 1. The van der Waals surface area contributed by atoms with Crippen molar-refractivity contribution in [2.45, 2.75) is 13.3 Å². The number of ether oxygens (including phenoxy) is 1. The molecule has 2 aromatic rings. The number of thioether (sulfide) groups is 1. The Morgan fingerprint density at radius 2 is 2.03 bits per heavy atom. The van der Waals surface area contributed by atoms with E-state index in [2.05, 4.69) is 5.32 Å². The predicted octanol–water partition coefficient (Wildman–Crippen LogP) is 3.93.